The summed E-state index contributed by atoms with van der Waals surface area (Å²) < 4.78 is 0. The van der Waals surface area contributed by atoms with Crippen LogP contribution in [0, 0.1) is 0 Å². The third kappa shape index (κ3) is 4.03. The normalized spacial score (nSPS) is 9.90. The number of halogens is 1. The standard InChI is InChI=1S/C14H17N3OS.ClH/c1-2-10-5-3-4-6-11(10)8-16-14(18)12-9-19-13(7-15)17-12;/h3-6,9H,2,7-8,15H2,1H3,(H,16,18);1H. The molecule has 0 fully saturated rings. The van der Waals surface area contributed by atoms with E-state index < -0.39 is 0 Å². The molecule has 0 radical (unpaired) electrons. The summed E-state index contributed by atoms with van der Waals surface area (Å²) in [5, 5.41) is 5.41. The predicted molar refractivity (Wildman–Crippen MR) is 84.2 cm³/mol. The molecule has 0 bridgehead atoms. The van der Waals surface area contributed by atoms with Crippen molar-refractivity contribution in [2.24, 2.45) is 5.73 Å². The van der Waals surface area contributed by atoms with Gasteiger partial charge in [0, 0.05) is 18.5 Å². The molecule has 0 aliphatic heterocycles. The Balaban J connectivity index is 0.00000200. The van der Waals surface area contributed by atoms with Crippen molar-refractivity contribution in [1.82, 2.24) is 10.3 Å². The molecule has 6 heteroatoms. The van der Waals surface area contributed by atoms with Crippen molar-refractivity contribution in [2.75, 3.05) is 0 Å². The molecule has 3 N–H and O–H groups in total. The highest BCUT2D eigenvalue weighted by Gasteiger charge is 2.10. The van der Waals surface area contributed by atoms with Crippen molar-refractivity contribution in [3.8, 4) is 0 Å². The molecular formula is C14H18ClN3OS. The van der Waals surface area contributed by atoms with Gasteiger partial charge in [0.1, 0.15) is 10.7 Å². The van der Waals surface area contributed by atoms with E-state index in [0.717, 1.165) is 17.0 Å². The number of amides is 1. The van der Waals surface area contributed by atoms with E-state index in [1.807, 2.05) is 18.2 Å². The first-order chi connectivity index (χ1) is 9.24. The van der Waals surface area contributed by atoms with Gasteiger partial charge in [-0.05, 0) is 17.5 Å². The zero-order chi connectivity index (χ0) is 13.7. The molecule has 4 nitrogen and oxygen atoms in total. The van der Waals surface area contributed by atoms with Gasteiger partial charge in [0.2, 0.25) is 0 Å². The maximum atomic E-state index is 11.9. The van der Waals surface area contributed by atoms with Crippen LogP contribution >= 0.6 is 23.7 Å². The van der Waals surface area contributed by atoms with E-state index in [2.05, 4.69) is 23.3 Å². The second-order valence-electron chi connectivity index (χ2n) is 4.14. The fourth-order valence-electron chi connectivity index (χ4n) is 1.85. The van der Waals surface area contributed by atoms with Gasteiger partial charge in [-0.15, -0.1) is 23.7 Å². The Kier molecular flexibility index (Phi) is 6.64. The molecule has 2 aromatic rings. The molecule has 1 amide bonds. The lowest BCUT2D eigenvalue weighted by Crippen LogP contribution is -2.23. The molecule has 2 rings (SSSR count). The average molecular weight is 312 g/mol. The van der Waals surface area contributed by atoms with E-state index in [9.17, 15) is 4.79 Å². The van der Waals surface area contributed by atoms with Crippen molar-refractivity contribution in [1.29, 1.82) is 0 Å². The Labute approximate surface area is 128 Å². The fourth-order valence-corrected chi connectivity index (χ4v) is 2.50. The number of hydrogen-bond donors (Lipinski definition) is 2. The van der Waals surface area contributed by atoms with E-state index in [0.29, 0.717) is 18.8 Å². The fraction of sp³-hybridized carbons (Fsp3) is 0.286. The molecule has 0 saturated carbocycles. The topological polar surface area (TPSA) is 68.0 Å². The highest BCUT2D eigenvalue weighted by molar-refractivity contribution is 7.09. The minimum atomic E-state index is -0.151. The van der Waals surface area contributed by atoms with Gasteiger partial charge in [0.25, 0.3) is 5.91 Å². The monoisotopic (exact) mass is 311 g/mol. The van der Waals surface area contributed by atoms with E-state index in [4.69, 9.17) is 5.73 Å². The number of benzene rings is 1. The van der Waals surface area contributed by atoms with Gasteiger partial charge in [-0.25, -0.2) is 4.98 Å². The number of aryl methyl sites for hydroxylation is 1. The molecule has 1 heterocycles. The lowest BCUT2D eigenvalue weighted by molar-refractivity contribution is 0.0946. The van der Waals surface area contributed by atoms with Crippen molar-refractivity contribution in [3.05, 3.63) is 51.5 Å². The predicted octanol–water partition coefficient (Wildman–Crippen LogP) is 2.52. The zero-order valence-electron chi connectivity index (χ0n) is 11.3. The molecule has 108 valence electrons. The SMILES string of the molecule is CCc1ccccc1CNC(=O)c1csc(CN)n1.Cl. The summed E-state index contributed by atoms with van der Waals surface area (Å²) in [6.45, 7) is 3.00. The van der Waals surface area contributed by atoms with Crippen LogP contribution in [0.3, 0.4) is 0 Å². The van der Waals surface area contributed by atoms with Gasteiger partial charge < -0.3 is 11.1 Å². The van der Waals surface area contributed by atoms with Crippen molar-refractivity contribution in [3.63, 3.8) is 0 Å². The van der Waals surface area contributed by atoms with Crippen molar-refractivity contribution < 1.29 is 4.79 Å². The van der Waals surface area contributed by atoms with Crippen LogP contribution in [0.1, 0.15) is 33.5 Å². The maximum Gasteiger partial charge on any atom is 0.271 e. The van der Waals surface area contributed by atoms with E-state index in [1.165, 1.54) is 16.9 Å². The first-order valence-electron chi connectivity index (χ1n) is 6.24. The molecule has 0 unspecified atom stereocenters. The quantitative estimate of drug-likeness (QED) is 0.891. The van der Waals surface area contributed by atoms with Crippen molar-refractivity contribution >= 4 is 29.7 Å². The van der Waals surface area contributed by atoms with Crippen LogP contribution in [0.5, 0.6) is 0 Å². The Bertz CT molecular complexity index is 571. The van der Waals surface area contributed by atoms with Crippen LogP contribution in [-0.2, 0) is 19.5 Å². The molecule has 0 spiro atoms. The van der Waals surface area contributed by atoms with Crippen LogP contribution in [0.2, 0.25) is 0 Å². The molecule has 0 saturated heterocycles. The Morgan fingerprint density at radius 1 is 1.35 bits per heavy atom. The van der Waals surface area contributed by atoms with Crippen molar-refractivity contribution in [2.45, 2.75) is 26.4 Å². The van der Waals surface area contributed by atoms with E-state index >= 15 is 0 Å². The molecule has 20 heavy (non-hydrogen) atoms. The largest absolute Gasteiger partial charge is 0.347 e. The summed E-state index contributed by atoms with van der Waals surface area (Å²) in [5.41, 5.74) is 8.33. The van der Waals surface area contributed by atoms with Gasteiger partial charge in [-0.2, -0.15) is 0 Å². The Hall–Kier alpha value is -1.43. The number of rotatable bonds is 5. The maximum absolute atomic E-state index is 11.9. The third-order valence-corrected chi connectivity index (χ3v) is 3.77. The summed E-state index contributed by atoms with van der Waals surface area (Å²) >= 11 is 1.41. The van der Waals surface area contributed by atoms with Gasteiger partial charge in [-0.3, -0.25) is 4.79 Å². The second kappa shape index (κ2) is 7.99. The minimum Gasteiger partial charge on any atom is -0.347 e. The number of hydrogen-bond acceptors (Lipinski definition) is 4. The smallest absolute Gasteiger partial charge is 0.271 e. The summed E-state index contributed by atoms with van der Waals surface area (Å²) in [7, 11) is 0. The molecule has 0 aliphatic carbocycles. The number of carbonyl (C=O) groups excluding carboxylic acids is 1. The number of carbonyl (C=O) groups is 1. The van der Waals surface area contributed by atoms with Crippen LogP contribution in [0.4, 0.5) is 0 Å². The molecule has 0 aliphatic rings. The summed E-state index contributed by atoms with van der Waals surface area (Å²) in [4.78, 5) is 16.1. The number of nitrogens with two attached hydrogens (primary N) is 1. The number of nitrogens with zero attached hydrogens (tertiary/aromatic N) is 1. The van der Waals surface area contributed by atoms with Gasteiger partial charge in [-0.1, -0.05) is 31.2 Å². The summed E-state index contributed by atoms with van der Waals surface area (Å²) in [6.07, 6.45) is 0.958. The summed E-state index contributed by atoms with van der Waals surface area (Å²) in [5.74, 6) is -0.151. The minimum absolute atomic E-state index is 0. The molecule has 0 atom stereocenters. The number of nitrogens with one attached hydrogen (secondary N) is 1. The van der Waals surface area contributed by atoms with Gasteiger partial charge >= 0.3 is 0 Å². The number of aromatic nitrogens is 1. The summed E-state index contributed by atoms with van der Waals surface area (Å²) in [6, 6.07) is 8.11. The van der Waals surface area contributed by atoms with E-state index in [1.54, 1.807) is 5.38 Å². The first kappa shape index (κ1) is 16.6. The first-order valence-corrected chi connectivity index (χ1v) is 7.12. The van der Waals surface area contributed by atoms with Crippen LogP contribution in [-0.4, -0.2) is 10.9 Å². The Morgan fingerprint density at radius 2 is 2.05 bits per heavy atom. The number of thiazole rings is 1. The zero-order valence-corrected chi connectivity index (χ0v) is 12.9. The lowest BCUT2D eigenvalue weighted by Gasteiger charge is -2.08. The van der Waals surface area contributed by atoms with Gasteiger partial charge in [0.15, 0.2) is 0 Å². The van der Waals surface area contributed by atoms with Crippen LogP contribution in [0.15, 0.2) is 29.6 Å². The van der Waals surface area contributed by atoms with Gasteiger partial charge in [0.05, 0.1) is 0 Å². The average Bonchev–Trinajstić information content (AvgIpc) is 2.94. The highest BCUT2D eigenvalue weighted by Crippen LogP contribution is 2.11. The third-order valence-electron chi connectivity index (χ3n) is 2.90. The molecular weight excluding hydrogens is 294 g/mol. The second-order valence-corrected chi connectivity index (χ2v) is 5.08. The molecule has 1 aromatic heterocycles. The van der Waals surface area contributed by atoms with E-state index in [-0.39, 0.29) is 18.3 Å². The molecule has 1 aromatic carbocycles. The van der Waals surface area contributed by atoms with Crippen LogP contribution < -0.4 is 11.1 Å². The Morgan fingerprint density at radius 3 is 2.65 bits per heavy atom. The highest BCUT2D eigenvalue weighted by atomic mass is 35.5. The lowest BCUT2D eigenvalue weighted by atomic mass is 10.1. The van der Waals surface area contributed by atoms with Crippen LogP contribution in [0.25, 0.3) is 0 Å².